The van der Waals surface area contributed by atoms with E-state index in [0.29, 0.717) is 0 Å². The molecule has 0 unspecified atom stereocenters. The Morgan fingerprint density at radius 1 is 1.29 bits per heavy atom. The van der Waals surface area contributed by atoms with Gasteiger partial charge in [-0.2, -0.15) is 0 Å². The highest BCUT2D eigenvalue weighted by molar-refractivity contribution is 4.82. The second-order valence-corrected chi connectivity index (χ2v) is 3.10. The summed E-state index contributed by atoms with van der Waals surface area (Å²) in [6.07, 6.45) is 8.84. The van der Waals surface area contributed by atoms with Crippen molar-refractivity contribution in [3.05, 3.63) is 24.8 Å². The molecule has 0 aromatic carbocycles. The number of rotatable bonds is 8. The molecule has 0 aromatic rings. The van der Waals surface area contributed by atoms with E-state index < -0.39 is 5.97 Å². The Hall–Kier alpha value is -0.640. The van der Waals surface area contributed by atoms with Crippen molar-refractivity contribution in [2.45, 2.75) is 38.6 Å². The third-order valence-corrected chi connectivity index (χ3v) is 1.82. The monoisotopic (exact) mass is 200 g/mol. The summed E-state index contributed by atoms with van der Waals surface area (Å²) < 4.78 is 4.79. The standard InChI is InChI=1S/C11H20O3/c1-3-5-6-7-8-9-10-14-11(12,13)4-2/h3,8-9,12-13H,1,4-7,10H2,2H3. The van der Waals surface area contributed by atoms with E-state index in [2.05, 4.69) is 6.58 Å². The number of aliphatic hydroxyl groups is 2. The molecule has 0 saturated carbocycles. The lowest BCUT2D eigenvalue weighted by Gasteiger charge is -2.18. The molecule has 0 spiro atoms. The Kier molecular flexibility index (Phi) is 7.38. The van der Waals surface area contributed by atoms with Gasteiger partial charge in [-0.25, -0.2) is 0 Å². The minimum Gasteiger partial charge on any atom is -0.343 e. The Morgan fingerprint density at radius 3 is 2.57 bits per heavy atom. The van der Waals surface area contributed by atoms with E-state index in [1.54, 1.807) is 13.0 Å². The van der Waals surface area contributed by atoms with Gasteiger partial charge in [0.25, 0.3) is 5.97 Å². The number of ether oxygens (including phenoxy) is 1. The normalized spacial score (nSPS) is 12.2. The maximum absolute atomic E-state index is 9.05. The van der Waals surface area contributed by atoms with E-state index >= 15 is 0 Å². The summed E-state index contributed by atoms with van der Waals surface area (Å²) in [7, 11) is 0. The molecule has 0 aromatic heterocycles. The van der Waals surface area contributed by atoms with Crippen LogP contribution in [0, 0.1) is 0 Å². The summed E-state index contributed by atoms with van der Waals surface area (Å²) in [5.74, 6) is -1.98. The van der Waals surface area contributed by atoms with Gasteiger partial charge in [-0.3, -0.25) is 0 Å². The molecule has 0 aliphatic heterocycles. The molecule has 0 aliphatic rings. The van der Waals surface area contributed by atoms with Gasteiger partial charge in [0.2, 0.25) is 0 Å². The molecule has 0 heterocycles. The van der Waals surface area contributed by atoms with E-state index in [-0.39, 0.29) is 13.0 Å². The fourth-order valence-corrected chi connectivity index (χ4v) is 0.850. The van der Waals surface area contributed by atoms with Crippen LogP contribution in [0.15, 0.2) is 24.8 Å². The molecule has 0 atom stereocenters. The highest BCUT2D eigenvalue weighted by Crippen LogP contribution is 2.06. The fraction of sp³-hybridized carbons (Fsp3) is 0.636. The molecular weight excluding hydrogens is 180 g/mol. The minimum absolute atomic E-state index is 0.164. The molecule has 3 nitrogen and oxygen atoms in total. The van der Waals surface area contributed by atoms with Gasteiger partial charge in [0.1, 0.15) is 0 Å². The van der Waals surface area contributed by atoms with E-state index in [1.807, 2.05) is 12.2 Å². The molecule has 2 N–H and O–H groups in total. The average molecular weight is 200 g/mol. The van der Waals surface area contributed by atoms with Crippen LogP contribution in [0.25, 0.3) is 0 Å². The summed E-state index contributed by atoms with van der Waals surface area (Å²) in [5, 5.41) is 18.1. The summed E-state index contributed by atoms with van der Waals surface area (Å²) in [6.45, 7) is 5.50. The van der Waals surface area contributed by atoms with E-state index in [9.17, 15) is 0 Å². The maximum atomic E-state index is 9.05. The third kappa shape index (κ3) is 7.98. The third-order valence-electron chi connectivity index (χ3n) is 1.82. The first kappa shape index (κ1) is 13.4. The van der Waals surface area contributed by atoms with Crippen molar-refractivity contribution in [2.24, 2.45) is 0 Å². The second-order valence-electron chi connectivity index (χ2n) is 3.10. The zero-order chi connectivity index (χ0) is 10.9. The Labute approximate surface area is 85.7 Å². The highest BCUT2D eigenvalue weighted by atomic mass is 16.8. The Bertz CT molecular complexity index is 173. The Balaban J connectivity index is 3.39. The molecule has 0 amide bonds. The van der Waals surface area contributed by atoms with Gasteiger partial charge in [-0.1, -0.05) is 25.2 Å². The lowest BCUT2D eigenvalue weighted by molar-refractivity contribution is -0.334. The summed E-state index contributed by atoms with van der Waals surface area (Å²) in [4.78, 5) is 0. The lowest BCUT2D eigenvalue weighted by Crippen LogP contribution is -2.30. The SMILES string of the molecule is C=CCCCC=CCOC(O)(O)CC. The van der Waals surface area contributed by atoms with Gasteiger partial charge in [0.05, 0.1) is 6.61 Å². The molecule has 14 heavy (non-hydrogen) atoms. The van der Waals surface area contributed by atoms with Crippen LogP contribution in [-0.4, -0.2) is 22.8 Å². The van der Waals surface area contributed by atoms with Crippen LogP contribution in [0.1, 0.15) is 32.6 Å². The second kappa shape index (κ2) is 7.74. The van der Waals surface area contributed by atoms with Crippen LogP contribution >= 0.6 is 0 Å². The highest BCUT2D eigenvalue weighted by Gasteiger charge is 2.19. The van der Waals surface area contributed by atoms with E-state index in [0.717, 1.165) is 19.3 Å². The van der Waals surface area contributed by atoms with Gasteiger partial charge in [-0.15, -0.1) is 6.58 Å². The largest absolute Gasteiger partial charge is 0.343 e. The summed E-state index contributed by atoms with van der Waals surface area (Å²) in [5.41, 5.74) is 0. The molecule has 0 rings (SSSR count). The molecule has 82 valence electrons. The first-order valence-electron chi connectivity index (χ1n) is 4.97. The van der Waals surface area contributed by atoms with Crippen molar-refractivity contribution >= 4 is 0 Å². The topological polar surface area (TPSA) is 49.7 Å². The first-order valence-corrected chi connectivity index (χ1v) is 4.97. The van der Waals surface area contributed by atoms with Gasteiger partial charge >= 0.3 is 0 Å². The van der Waals surface area contributed by atoms with Crippen molar-refractivity contribution < 1.29 is 14.9 Å². The van der Waals surface area contributed by atoms with Crippen molar-refractivity contribution in [1.29, 1.82) is 0 Å². The molecule has 0 radical (unpaired) electrons. The van der Waals surface area contributed by atoms with Crippen molar-refractivity contribution in [1.82, 2.24) is 0 Å². The molecule has 0 aliphatic carbocycles. The zero-order valence-electron chi connectivity index (χ0n) is 8.78. The lowest BCUT2D eigenvalue weighted by atomic mass is 10.2. The zero-order valence-corrected chi connectivity index (χ0v) is 8.78. The molecule has 3 heteroatoms. The molecule has 0 fully saturated rings. The Morgan fingerprint density at radius 2 is 2.00 bits per heavy atom. The van der Waals surface area contributed by atoms with Crippen molar-refractivity contribution in [2.75, 3.05) is 6.61 Å². The van der Waals surface area contributed by atoms with Crippen molar-refractivity contribution in [3.8, 4) is 0 Å². The minimum atomic E-state index is -1.98. The number of hydrogen-bond donors (Lipinski definition) is 2. The number of unbranched alkanes of at least 4 members (excludes halogenated alkanes) is 2. The quantitative estimate of drug-likeness (QED) is 0.358. The molecular formula is C11H20O3. The van der Waals surface area contributed by atoms with Crippen LogP contribution in [0.3, 0.4) is 0 Å². The van der Waals surface area contributed by atoms with E-state index in [1.165, 1.54) is 0 Å². The molecule has 0 bridgehead atoms. The summed E-state index contributed by atoms with van der Waals surface area (Å²) in [6, 6.07) is 0. The maximum Gasteiger partial charge on any atom is 0.277 e. The predicted molar refractivity (Wildman–Crippen MR) is 56.6 cm³/mol. The van der Waals surface area contributed by atoms with Gasteiger partial charge in [-0.05, 0) is 19.3 Å². The van der Waals surface area contributed by atoms with Crippen molar-refractivity contribution in [3.63, 3.8) is 0 Å². The van der Waals surface area contributed by atoms with Crippen LogP contribution in [0.2, 0.25) is 0 Å². The van der Waals surface area contributed by atoms with Gasteiger partial charge in [0, 0.05) is 6.42 Å². The number of hydrogen-bond acceptors (Lipinski definition) is 3. The summed E-state index contributed by atoms with van der Waals surface area (Å²) >= 11 is 0. The van der Waals surface area contributed by atoms with Crippen LogP contribution in [0.5, 0.6) is 0 Å². The van der Waals surface area contributed by atoms with Gasteiger partial charge < -0.3 is 14.9 Å². The molecule has 0 saturated heterocycles. The average Bonchev–Trinajstić information content (AvgIpc) is 2.16. The van der Waals surface area contributed by atoms with Crippen LogP contribution in [0.4, 0.5) is 0 Å². The first-order chi connectivity index (χ1) is 6.62. The van der Waals surface area contributed by atoms with Crippen LogP contribution < -0.4 is 0 Å². The van der Waals surface area contributed by atoms with Gasteiger partial charge in [0.15, 0.2) is 0 Å². The smallest absolute Gasteiger partial charge is 0.277 e. The number of allylic oxidation sites excluding steroid dienone is 2. The van der Waals surface area contributed by atoms with Crippen LogP contribution in [-0.2, 0) is 4.74 Å². The predicted octanol–water partition coefficient (Wildman–Crippen LogP) is 1.96. The van der Waals surface area contributed by atoms with E-state index in [4.69, 9.17) is 14.9 Å². The fourth-order valence-electron chi connectivity index (χ4n) is 0.850.